The number of furan rings is 1. The molecule has 34 heavy (non-hydrogen) atoms. The lowest BCUT2D eigenvalue weighted by Crippen LogP contribution is -2.28. The van der Waals surface area contributed by atoms with Gasteiger partial charge in [-0.3, -0.25) is 14.5 Å². The van der Waals surface area contributed by atoms with E-state index in [0.29, 0.717) is 17.9 Å². The summed E-state index contributed by atoms with van der Waals surface area (Å²) in [6, 6.07) is 6.66. The number of amides is 1. The number of nitrogens with one attached hydrogen (secondary N) is 2. The van der Waals surface area contributed by atoms with Gasteiger partial charge in [0.05, 0.1) is 5.69 Å². The Hall–Kier alpha value is -3.36. The number of aliphatic imine (C=N–C) groups is 1. The van der Waals surface area contributed by atoms with Crippen molar-refractivity contribution in [3.05, 3.63) is 52.5 Å². The van der Waals surface area contributed by atoms with Gasteiger partial charge in [-0.25, -0.2) is 21.1 Å². The van der Waals surface area contributed by atoms with E-state index in [0.717, 1.165) is 4.31 Å². The molecule has 0 aliphatic carbocycles. The number of phenols is 1. The predicted octanol–water partition coefficient (Wildman–Crippen LogP) is 1.14. The summed E-state index contributed by atoms with van der Waals surface area (Å²) in [5, 5.41) is 13.3. The summed E-state index contributed by atoms with van der Waals surface area (Å²) < 4.78 is 59.1. The van der Waals surface area contributed by atoms with Crippen LogP contribution in [-0.4, -0.2) is 52.1 Å². The molecule has 2 aromatic rings. The van der Waals surface area contributed by atoms with Crippen LogP contribution in [0.5, 0.6) is 5.75 Å². The summed E-state index contributed by atoms with van der Waals surface area (Å²) in [5.41, 5.74) is 4.83. The third-order valence-electron chi connectivity index (χ3n) is 4.97. The summed E-state index contributed by atoms with van der Waals surface area (Å²) in [6.45, 7) is 3.56. The Labute approximate surface area is 197 Å². The highest BCUT2D eigenvalue weighted by molar-refractivity contribution is 7.95. The Morgan fingerprint density at radius 2 is 1.97 bits per heavy atom. The Balaban J connectivity index is 2.16. The van der Waals surface area contributed by atoms with E-state index in [1.165, 1.54) is 32.3 Å². The number of carbonyl (C=O) groups is 1. The second kappa shape index (κ2) is 9.12. The number of hydrogen-bond acceptors (Lipinski definition) is 9. The zero-order valence-corrected chi connectivity index (χ0v) is 20.5. The molecule has 1 amide bonds. The maximum Gasteiger partial charge on any atom is 0.270 e. The first kappa shape index (κ1) is 25.3. The van der Waals surface area contributed by atoms with Gasteiger partial charge in [-0.05, 0) is 37.6 Å². The van der Waals surface area contributed by atoms with Crippen LogP contribution < -0.4 is 15.8 Å². The highest BCUT2D eigenvalue weighted by atomic mass is 32.2. The number of benzene rings is 1. The van der Waals surface area contributed by atoms with Crippen molar-refractivity contribution in [2.45, 2.75) is 31.2 Å². The molecule has 184 valence electrons. The first-order chi connectivity index (χ1) is 15.8. The summed E-state index contributed by atoms with van der Waals surface area (Å²) in [4.78, 5) is 15.2. The first-order valence-electron chi connectivity index (χ1n) is 10.0. The lowest BCUT2D eigenvalue weighted by molar-refractivity contribution is -0.113. The Bertz CT molecular complexity index is 1410. The summed E-state index contributed by atoms with van der Waals surface area (Å²) in [6.07, 6.45) is 0.430. The van der Waals surface area contributed by atoms with Crippen LogP contribution in [0.15, 0.2) is 55.2 Å². The maximum atomic E-state index is 12.6. The number of anilines is 1. The number of rotatable bonds is 8. The third kappa shape index (κ3) is 4.64. The molecular formula is C20H25N5O7S2. The van der Waals surface area contributed by atoms with Gasteiger partial charge in [0, 0.05) is 14.1 Å². The topological polar surface area (TPSA) is 184 Å². The number of sulfonamides is 2. The zero-order chi connectivity index (χ0) is 25.4. The molecule has 1 aliphatic heterocycles. The molecule has 0 saturated carbocycles. The van der Waals surface area contributed by atoms with Crippen LogP contribution in [0.3, 0.4) is 0 Å². The van der Waals surface area contributed by atoms with Gasteiger partial charge in [0.1, 0.15) is 28.2 Å². The van der Waals surface area contributed by atoms with Crippen LogP contribution >= 0.6 is 0 Å². The molecule has 3 rings (SSSR count). The van der Waals surface area contributed by atoms with E-state index in [9.17, 15) is 26.7 Å². The van der Waals surface area contributed by atoms with Crippen molar-refractivity contribution in [3.63, 3.8) is 0 Å². The van der Waals surface area contributed by atoms with Crippen LogP contribution in [0.25, 0.3) is 0 Å². The molecule has 0 radical (unpaired) electrons. The van der Waals surface area contributed by atoms with Crippen molar-refractivity contribution in [2.24, 2.45) is 10.7 Å². The first-order valence-corrected chi connectivity index (χ1v) is 12.9. The van der Waals surface area contributed by atoms with Gasteiger partial charge in [-0.2, -0.15) is 0 Å². The minimum atomic E-state index is -4.38. The normalized spacial score (nSPS) is 17.7. The van der Waals surface area contributed by atoms with Crippen LogP contribution in [0, 0.1) is 6.92 Å². The molecular weight excluding hydrogens is 486 g/mol. The van der Waals surface area contributed by atoms with E-state index in [1.54, 1.807) is 19.1 Å². The fraction of sp³-hybridized carbons (Fsp3) is 0.300. The number of aryl methyl sites for hydroxylation is 1. The predicted molar refractivity (Wildman–Crippen MR) is 125 cm³/mol. The minimum Gasteiger partial charge on any atom is -0.504 e. The molecule has 1 aromatic heterocycles. The quantitative estimate of drug-likeness (QED) is 0.380. The summed E-state index contributed by atoms with van der Waals surface area (Å²) in [7, 11) is -5.82. The fourth-order valence-corrected chi connectivity index (χ4v) is 5.43. The fourth-order valence-electron chi connectivity index (χ4n) is 3.24. The number of nitrogens with two attached hydrogens (primary N) is 1. The van der Waals surface area contributed by atoms with E-state index in [-0.39, 0.29) is 17.2 Å². The van der Waals surface area contributed by atoms with Crippen LogP contribution in [0.1, 0.15) is 30.9 Å². The summed E-state index contributed by atoms with van der Waals surface area (Å²) in [5.74, 6) is -1.07. The molecule has 2 heterocycles. The monoisotopic (exact) mass is 511 g/mol. The standard InChI is InChI=1S/C20H25N5O7S2/c1-5-12(14-10-9-11(2)32-14)23-20-16(18(19(21)27)33(28,29)24-20)22-13-7-6-8-15(17(13)26)34(30,31)25(3)4/h6-10,12,22,26H,5H2,1-4H3,(H2,21,27)(H,23,24)/t12-/m1/s1. The second-order valence-electron chi connectivity index (χ2n) is 7.59. The van der Waals surface area contributed by atoms with E-state index < -0.39 is 47.5 Å². The SMILES string of the molecule is CC[C@@H](N=C1NS(=O)(=O)C(C(N)=O)=C1Nc1cccc(S(=O)(=O)N(C)C)c1O)c1ccc(C)o1. The molecule has 1 aromatic carbocycles. The number of para-hydroxylation sites is 1. The van der Waals surface area contributed by atoms with Crippen molar-refractivity contribution in [3.8, 4) is 5.75 Å². The lowest BCUT2D eigenvalue weighted by atomic mass is 10.2. The van der Waals surface area contributed by atoms with Gasteiger partial charge in [0.2, 0.25) is 10.0 Å². The largest absolute Gasteiger partial charge is 0.504 e. The highest BCUT2D eigenvalue weighted by Gasteiger charge is 2.39. The minimum absolute atomic E-state index is 0.176. The molecule has 0 spiro atoms. The lowest BCUT2D eigenvalue weighted by Gasteiger charge is -2.16. The average Bonchev–Trinajstić information content (AvgIpc) is 3.27. The van der Waals surface area contributed by atoms with E-state index in [1.807, 2.05) is 6.92 Å². The van der Waals surface area contributed by atoms with Crippen LogP contribution in [0.4, 0.5) is 5.69 Å². The molecule has 0 saturated heterocycles. The smallest absolute Gasteiger partial charge is 0.270 e. The molecule has 1 aliphatic rings. The van der Waals surface area contributed by atoms with Crippen molar-refractivity contribution < 1.29 is 31.2 Å². The van der Waals surface area contributed by atoms with Gasteiger partial charge >= 0.3 is 0 Å². The highest BCUT2D eigenvalue weighted by Crippen LogP contribution is 2.35. The number of nitrogens with zero attached hydrogens (tertiary/aromatic N) is 2. The Morgan fingerprint density at radius 3 is 2.50 bits per heavy atom. The number of carbonyl (C=O) groups excluding carboxylic acids is 1. The number of primary amides is 1. The molecule has 0 fully saturated rings. The number of phenolic OH excluding ortho intramolecular Hbond substituents is 1. The van der Waals surface area contributed by atoms with Crippen molar-refractivity contribution in [2.75, 3.05) is 19.4 Å². The van der Waals surface area contributed by atoms with Crippen LogP contribution in [-0.2, 0) is 24.8 Å². The van der Waals surface area contributed by atoms with Gasteiger partial charge < -0.3 is 20.6 Å². The number of aromatic hydroxyl groups is 1. The molecule has 0 bridgehead atoms. The maximum absolute atomic E-state index is 12.6. The summed E-state index contributed by atoms with van der Waals surface area (Å²) >= 11 is 0. The Kier molecular flexibility index (Phi) is 6.78. The van der Waals surface area contributed by atoms with Crippen LogP contribution in [0.2, 0.25) is 0 Å². The third-order valence-corrected chi connectivity index (χ3v) is 8.22. The second-order valence-corrected chi connectivity index (χ2v) is 11.3. The average molecular weight is 512 g/mol. The number of hydrogen-bond donors (Lipinski definition) is 4. The molecule has 14 heteroatoms. The molecule has 1 atom stereocenters. The van der Waals surface area contributed by atoms with Crippen molar-refractivity contribution >= 4 is 37.5 Å². The van der Waals surface area contributed by atoms with Gasteiger partial charge in [0.25, 0.3) is 15.9 Å². The zero-order valence-electron chi connectivity index (χ0n) is 18.9. The van der Waals surface area contributed by atoms with Gasteiger partial charge in [-0.15, -0.1) is 0 Å². The van der Waals surface area contributed by atoms with E-state index in [4.69, 9.17) is 10.2 Å². The van der Waals surface area contributed by atoms with Crippen molar-refractivity contribution in [1.82, 2.24) is 9.03 Å². The van der Waals surface area contributed by atoms with Gasteiger partial charge in [0.15, 0.2) is 16.5 Å². The molecule has 0 unspecified atom stereocenters. The molecule has 12 nitrogen and oxygen atoms in total. The Morgan fingerprint density at radius 1 is 1.29 bits per heavy atom. The molecule has 5 N–H and O–H groups in total. The van der Waals surface area contributed by atoms with E-state index >= 15 is 0 Å². The van der Waals surface area contributed by atoms with Crippen molar-refractivity contribution in [1.29, 1.82) is 0 Å². The van der Waals surface area contributed by atoms with E-state index in [2.05, 4.69) is 15.0 Å². The number of amidine groups is 1. The van der Waals surface area contributed by atoms with Gasteiger partial charge in [-0.1, -0.05) is 13.0 Å².